The molecule has 3 heterocycles. The second kappa shape index (κ2) is 14.7. The molecule has 4 heteroatoms. The van der Waals surface area contributed by atoms with Gasteiger partial charge in [0.05, 0.1) is 33.5 Å². The molecule has 0 saturated carbocycles. The summed E-state index contributed by atoms with van der Waals surface area (Å²) in [6.07, 6.45) is 0. The number of para-hydroxylation sites is 3. The second-order valence-electron chi connectivity index (χ2n) is 15.8. The maximum absolute atomic E-state index is 5.06. The lowest BCUT2D eigenvalue weighted by atomic mass is 10.0. The number of nitrogens with zero attached hydrogens (tertiary/aromatic N) is 4. The van der Waals surface area contributed by atoms with Crippen molar-refractivity contribution < 1.29 is 0 Å². The quantitative estimate of drug-likeness (QED) is 0.161. The topological polar surface area (TPSA) is 35.6 Å². The van der Waals surface area contributed by atoms with Gasteiger partial charge in [-0.2, -0.15) is 0 Å². The maximum atomic E-state index is 5.06. The number of benzene rings is 9. The van der Waals surface area contributed by atoms with Crippen molar-refractivity contribution in [2.75, 3.05) is 0 Å². The van der Waals surface area contributed by atoms with E-state index in [1.807, 2.05) is 36.4 Å². The SMILES string of the molecule is c1ccc(-c2cc(-c3ccccc3)nc(-c3ccc(-c4cccc(-n5c6ccccc6c6ccc(-c7cccc(-n8c9ccccc9c9ccccc98)c7)cc65)c4)cc3)n2)cc1. The number of hydrogen-bond acceptors (Lipinski definition) is 2. The van der Waals surface area contributed by atoms with Crippen LogP contribution >= 0.6 is 0 Å². The molecule has 3 aromatic heterocycles. The summed E-state index contributed by atoms with van der Waals surface area (Å²) >= 11 is 0. The summed E-state index contributed by atoms with van der Waals surface area (Å²) in [6, 6.07) is 82.2. The van der Waals surface area contributed by atoms with Crippen LogP contribution in [0.2, 0.25) is 0 Å². The highest BCUT2D eigenvalue weighted by molar-refractivity contribution is 6.11. The molecule has 0 aliphatic carbocycles. The van der Waals surface area contributed by atoms with Crippen LogP contribution < -0.4 is 0 Å². The van der Waals surface area contributed by atoms with E-state index in [1.165, 1.54) is 54.7 Å². The van der Waals surface area contributed by atoms with Crippen molar-refractivity contribution in [1.82, 2.24) is 19.1 Å². The van der Waals surface area contributed by atoms with Crippen molar-refractivity contribution in [1.29, 1.82) is 0 Å². The third-order valence-corrected chi connectivity index (χ3v) is 12.1. The van der Waals surface area contributed by atoms with E-state index in [2.05, 4.69) is 203 Å². The van der Waals surface area contributed by atoms with Crippen LogP contribution in [0.4, 0.5) is 0 Å². The molecular weight excluding hydrogens is 753 g/mol. The van der Waals surface area contributed by atoms with Gasteiger partial charge in [0.2, 0.25) is 0 Å². The number of aromatic nitrogens is 4. The van der Waals surface area contributed by atoms with Gasteiger partial charge in [0.15, 0.2) is 5.82 Å². The van der Waals surface area contributed by atoms with Crippen molar-refractivity contribution in [2.24, 2.45) is 0 Å². The van der Waals surface area contributed by atoms with Crippen LogP contribution in [-0.4, -0.2) is 19.1 Å². The number of fused-ring (bicyclic) bond motifs is 6. The minimum atomic E-state index is 0.701. The van der Waals surface area contributed by atoms with Crippen molar-refractivity contribution in [2.45, 2.75) is 0 Å². The zero-order chi connectivity index (χ0) is 41.0. The molecule has 62 heavy (non-hydrogen) atoms. The monoisotopic (exact) mass is 790 g/mol. The van der Waals surface area contributed by atoms with Gasteiger partial charge in [-0.05, 0) is 76.9 Å². The van der Waals surface area contributed by atoms with E-state index in [4.69, 9.17) is 9.97 Å². The fourth-order valence-corrected chi connectivity index (χ4v) is 9.18. The van der Waals surface area contributed by atoms with Crippen molar-refractivity contribution in [3.8, 4) is 67.5 Å². The van der Waals surface area contributed by atoms with Gasteiger partial charge in [-0.3, -0.25) is 0 Å². The average molecular weight is 791 g/mol. The zero-order valence-corrected chi connectivity index (χ0v) is 33.7. The van der Waals surface area contributed by atoms with Crippen LogP contribution in [-0.2, 0) is 0 Å². The average Bonchev–Trinajstić information content (AvgIpc) is 3.87. The van der Waals surface area contributed by atoms with E-state index in [-0.39, 0.29) is 0 Å². The summed E-state index contributed by atoms with van der Waals surface area (Å²) in [7, 11) is 0. The lowest BCUT2D eigenvalue weighted by Crippen LogP contribution is -1.96. The summed E-state index contributed by atoms with van der Waals surface area (Å²) in [5, 5.41) is 4.98. The molecule has 0 aliphatic heterocycles. The van der Waals surface area contributed by atoms with Crippen molar-refractivity contribution in [3.05, 3.63) is 231 Å². The first-order valence-corrected chi connectivity index (χ1v) is 21.1. The molecule has 0 saturated heterocycles. The normalized spacial score (nSPS) is 11.5. The van der Waals surface area contributed by atoms with Gasteiger partial charge in [0, 0.05) is 49.6 Å². The summed E-state index contributed by atoms with van der Waals surface area (Å²) in [5.41, 5.74) is 16.5. The van der Waals surface area contributed by atoms with Crippen LogP contribution in [0, 0.1) is 0 Å². The standard InChI is InChI=1S/C58H38N4/c1-3-15-40(16-4-1)52-38-53(41-17-5-2-6-18-41)60-58(59-52)42-31-29-39(30-32-42)43-19-13-22-47(35-43)62-56-28-12-9-25-50(56)51-34-33-45(37-57(51)62)44-20-14-21-46(36-44)61-54-26-10-7-23-48(54)49-24-8-11-27-55(49)61/h1-38H. The predicted octanol–water partition coefficient (Wildman–Crippen LogP) is 15.0. The molecule has 4 nitrogen and oxygen atoms in total. The molecule has 0 fully saturated rings. The smallest absolute Gasteiger partial charge is 0.160 e. The minimum Gasteiger partial charge on any atom is -0.309 e. The highest BCUT2D eigenvalue weighted by Gasteiger charge is 2.17. The molecule has 0 aliphatic rings. The fraction of sp³-hybridized carbons (Fsp3) is 0. The van der Waals surface area contributed by atoms with E-state index in [0.717, 1.165) is 50.6 Å². The molecule has 12 aromatic rings. The first-order valence-electron chi connectivity index (χ1n) is 21.1. The molecule has 0 radical (unpaired) electrons. The molecule has 9 aromatic carbocycles. The first kappa shape index (κ1) is 35.6. The molecule has 290 valence electrons. The maximum Gasteiger partial charge on any atom is 0.160 e. The van der Waals surface area contributed by atoms with Crippen LogP contribution in [0.1, 0.15) is 0 Å². The Balaban J connectivity index is 0.931. The summed E-state index contributed by atoms with van der Waals surface area (Å²) in [4.78, 5) is 10.1. The van der Waals surface area contributed by atoms with Crippen LogP contribution in [0.3, 0.4) is 0 Å². The number of hydrogen-bond donors (Lipinski definition) is 0. The largest absolute Gasteiger partial charge is 0.309 e. The van der Waals surface area contributed by atoms with Crippen molar-refractivity contribution >= 4 is 43.6 Å². The molecule has 0 amide bonds. The van der Waals surface area contributed by atoms with Crippen LogP contribution in [0.5, 0.6) is 0 Å². The van der Waals surface area contributed by atoms with Gasteiger partial charge in [-0.25, -0.2) is 9.97 Å². The highest BCUT2D eigenvalue weighted by Crippen LogP contribution is 2.38. The van der Waals surface area contributed by atoms with Gasteiger partial charge in [0.1, 0.15) is 0 Å². The molecule has 0 spiro atoms. The van der Waals surface area contributed by atoms with E-state index in [9.17, 15) is 0 Å². The molecule has 0 atom stereocenters. The molecule has 0 bridgehead atoms. The second-order valence-corrected chi connectivity index (χ2v) is 15.8. The minimum absolute atomic E-state index is 0.701. The molecule has 0 unspecified atom stereocenters. The van der Waals surface area contributed by atoms with Gasteiger partial charge in [-0.1, -0.05) is 176 Å². The van der Waals surface area contributed by atoms with Crippen molar-refractivity contribution in [3.63, 3.8) is 0 Å². The van der Waals surface area contributed by atoms with Crippen LogP contribution in [0.25, 0.3) is 111 Å². The van der Waals surface area contributed by atoms with E-state index in [1.54, 1.807) is 0 Å². The zero-order valence-electron chi connectivity index (χ0n) is 33.7. The van der Waals surface area contributed by atoms with Gasteiger partial charge >= 0.3 is 0 Å². The third kappa shape index (κ3) is 6.08. The van der Waals surface area contributed by atoms with E-state index >= 15 is 0 Å². The molecule has 0 N–H and O–H groups in total. The van der Waals surface area contributed by atoms with Crippen LogP contribution in [0.15, 0.2) is 231 Å². The summed E-state index contributed by atoms with van der Waals surface area (Å²) in [5.74, 6) is 0.701. The highest BCUT2D eigenvalue weighted by atomic mass is 15.0. The Bertz CT molecular complexity index is 3510. The Morgan fingerprint density at radius 2 is 0.629 bits per heavy atom. The van der Waals surface area contributed by atoms with Gasteiger partial charge in [-0.15, -0.1) is 0 Å². The van der Waals surface area contributed by atoms with Gasteiger partial charge in [0.25, 0.3) is 0 Å². The fourth-order valence-electron chi connectivity index (χ4n) is 9.18. The predicted molar refractivity (Wildman–Crippen MR) is 258 cm³/mol. The molecule has 12 rings (SSSR count). The lowest BCUT2D eigenvalue weighted by Gasteiger charge is -2.13. The Morgan fingerprint density at radius 1 is 0.242 bits per heavy atom. The first-order chi connectivity index (χ1) is 30.7. The summed E-state index contributed by atoms with van der Waals surface area (Å²) < 4.78 is 4.80. The molecular formula is C58H38N4. The Morgan fingerprint density at radius 3 is 1.16 bits per heavy atom. The third-order valence-electron chi connectivity index (χ3n) is 12.1. The van der Waals surface area contributed by atoms with E-state index in [0.29, 0.717) is 5.82 Å². The summed E-state index contributed by atoms with van der Waals surface area (Å²) in [6.45, 7) is 0. The van der Waals surface area contributed by atoms with E-state index < -0.39 is 0 Å². The van der Waals surface area contributed by atoms with Gasteiger partial charge < -0.3 is 9.13 Å². The Hall–Kier alpha value is -8.34. The Labute approximate surface area is 359 Å². The Kier molecular flexibility index (Phi) is 8.46. The number of rotatable bonds is 7. The lowest BCUT2D eigenvalue weighted by molar-refractivity contribution is 1.18.